The van der Waals surface area contributed by atoms with Crippen molar-refractivity contribution in [3.05, 3.63) is 18.1 Å². The van der Waals surface area contributed by atoms with E-state index in [1.807, 2.05) is 13.2 Å². The number of hydrogen-bond acceptors (Lipinski definition) is 5. The van der Waals surface area contributed by atoms with Crippen LogP contribution in [0.5, 0.6) is 0 Å². The summed E-state index contributed by atoms with van der Waals surface area (Å²) in [6.45, 7) is 2.01. The van der Waals surface area contributed by atoms with Crippen LogP contribution in [0.3, 0.4) is 0 Å². The molecule has 15 heavy (non-hydrogen) atoms. The predicted octanol–water partition coefficient (Wildman–Crippen LogP) is 1.34. The maximum Gasteiger partial charge on any atom is 0.356 e. The van der Waals surface area contributed by atoms with Crippen molar-refractivity contribution >= 4 is 23.5 Å². The second-order valence-corrected chi connectivity index (χ2v) is 4.01. The van der Waals surface area contributed by atoms with Gasteiger partial charge >= 0.3 is 5.97 Å². The molecular weight excluding hydrogens is 214 g/mol. The number of carbonyl (C=O) groups is 1. The summed E-state index contributed by atoms with van der Waals surface area (Å²) in [6.07, 6.45) is 4.76. The summed E-state index contributed by atoms with van der Waals surface area (Å²) in [4.78, 5) is 18.3. The van der Waals surface area contributed by atoms with Gasteiger partial charge in [0, 0.05) is 11.8 Å². The zero-order valence-corrected chi connectivity index (χ0v) is 9.41. The third-order valence-corrected chi connectivity index (χ3v) is 2.50. The van der Waals surface area contributed by atoms with E-state index in [2.05, 4.69) is 15.3 Å². The molecule has 0 saturated carbocycles. The van der Waals surface area contributed by atoms with Crippen LogP contribution >= 0.6 is 11.8 Å². The number of aromatic carboxylic acids is 1. The van der Waals surface area contributed by atoms with Crippen LogP contribution < -0.4 is 5.32 Å². The summed E-state index contributed by atoms with van der Waals surface area (Å²) in [7, 11) is 0. The number of thioether (sulfide) groups is 1. The minimum absolute atomic E-state index is 0.0450. The topological polar surface area (TPSA) is 75.1 Å². The molecule has 82 valence electrons. The number of aromatic nitrogens is 2. The van der Waals surface area contributed by atoms with Crippen LogP contribution in [-0.2, 0) is 0 Å². The van der Waals surface area contributed by atoms with Crippen molar-refractivity contribution in [2.75, 3.05) is 17.3 Å². The standard InChI is InChI=1S/C9H13N3O2S/c1-6(5-15-2)11-8-4-10-3-7(12-8)9(13)14/h3-4,6H,5H2,1-2H3,(H,11,12)(H,13,14). The van der Waals surface area contributed by atoms with Gasteiger partial charge in [0.05, 0.1) is 12.4 Å². The summed E-state index contributed by atoms with van der Waals surface area (Å²) in [5.74, 6) is 0.360. The van der Waals surface area contributed by atoms with E-state index in [0.717, 1.165) is 5.75 Å². The van der Waals surface area contributed by atoms with Gasteiger partial charge in [-0.1, -0.05) is 0 Å². The maximum absolute atomic E-state index is 10.6. The Morgan fingerprint density at radius 1 is 1.67 bits per heavy atom. The molecule has 2 N–H and O–H groups in total. The SMILES string of the molecule is CSCC(C)Nc1cncc(C(=O)O)n1. The molecule has 0 fully saturated rings. The third-order valence-electron chi connectivity index (χ3n) is 1.66. The second kappa shape index (κ2) is 5.55. The Hall–Kier alpha value is -1.30. The van der Waals surface area contributed by atoms with Crippen molar-refractivity contribution in [1.29, 1.82) is 0 Å². The fourth-order valence-corrected chi connectivity index (χ4v) is 1.67. The van der Waals surface area contributed by atoms with Crippen LogP contribution in [0.4, 0.5) is 5.82 Å². The molecule has 0 aliphatic rings. The molecule has 0 bridgehead atoms. The molecule has 1 rings (SSSR count). The molecule has 0 aromatic carbocycles. The number of nitrogens with one attached hydrogen (secondary N) is 1. The van der Waals surface area contributed by atoms with Gasteiger partial charge in [-0.2, -0.15) is 11.8 Å². The monoisotopic (exact) mass is 227 g/mol. The molecule has 0 saturated heterocycles. The summed E-state index contributed by atoms with van der Waals surface area (Å²) < 4.78 is 0. The quantitative estimate of drug-likeness (QED) is 0.790. The van der Waals surface area contributed by atoms with Crippen molar-refractivity contribution in [1.82, 2.24) is 9.97 Å². The molecule has 1 atom stereocenters. The van der Waals surface area contributed by atoms with Crippen molar-refractivity contribution < 1.29 is 9.90 Å². The van der Waals surface area contributed by atoms with E-state index in [1.54, 1.807) is 11.8 Å². The zero-order chi connectivity index (χ0) is 11.3. The van der Waals surface area contributed by atoms with Crippen LogP contribution in [-0.4, -0.2) is 39.1 Å². The Morgan fingerprint density at radius 3 is 3.00 bits per heavy atom. The minimum Gasteiger partial charge on any atom is -0.476 e. The van der Waals surface area contributed by atoms with E-state index < -0.39 is 5.97 Å². The van der Waals surface area contributed by atoms with Gasteiger partial charge in [0.1, 0.15) is 5.82 Å². The van der Waals surface area contributed by atoms with E-state index in [1.165, 1.54) is 12.4 Å². The lowest BCUT2D eigenvalue weighted by atomic mass is 10.4. The average molecular weight is 227 g/mol. The van der Waals surface area contributed by atoms with E-state index in [9.17, 15) is 4.79 Å². The van der Waals surface area contributed by atoms with Crippen molar-refractivity contribution in [3.63, 3.8) is 0 Å². The first-order valence-corrected chi connectivity index (χ1v) is 5.83. The van der Waals surface area contributed by atoms with Crippen LogP contribution in [0.15, 0.2) is 12.4 Å². The Balaban J connectivity index is 2.69. The molecule has 0 aliphatic carbocycles. The highest BCUT2D eigenvalue weighted by Crippen LogP contribution is 2.06. The first kappa shape index (κ1) is 11.8. The van der Waals surface area contributed by atoms with Crippen molar-refractivity contribution in [2.24, 2.45) is 0 Å². The van der Waals surface area contributed by atoms with E-state index >= 15 is 0 Å². The van der Waals surface area contributed by atoms with Crippen LogP contribution in [0.1, 0.15) is 17.4 Å². The number of rotatable bonds is 5. The summed E-state index contributed by atoms with van der Waals surface area (Å²) in [6, 6.07) is 0.235. The Labute approximate surface area is 92.3 Å². The third kappa shape index (κ3) is 3.75. The second-order valence-electron chi connectivity index (χ2n) is 3.10. The van der Waals surface area contributed by atoms with Gasteiger partial charge in [0.15, 0.2) is 5.69 Å². The lowest BCUT2D eigenvalue weighted by Gasteiger charge is -2.12. The van der Waals surface area contributed by atoms with Gasteiger partial charge in [-0.25, -0.2) is 9.78 Å². The summed E-state index contributed by atoms with van der Waals surface area (Å²) in [5.41, 5.74) is -0.0450. The Morgan fingerprint density at radius 2 is 2.40 bits per heavy atom. The molecule has 0 radical (unpaired) electrons. The Bertz CT molecular complexity index is 346. The normalized spacial score (nSPS) is 12.1. The van der Waals surface area contributed by atoms with Crippen LogP contribution in [0.25, 0.3) is 0 Å². The van der Waals surface area contributed by atoms with Crippen LogP contribution in [0.2, 0.25) is 0 Å². The first-order chi connectivity index (χ1) is 7.13. The smallest absolute Gasteiger partial charge is 0.356 e. The highest BCUT2D eigenvalue weighted by Gasteiger charge is 2.07. The van der Waals surface area contributed by atoms with Gasteiger partial charge in [0.25, 0.3) is 0 Å². The molecule has 1 aromatic rings. The zero-order valence-electron chi connectivity index (χ0n) is 8.60. The van der Waals surface area contributed by atoms with Gasteiger partial charge in [-0.3, -0.25) is 4.98 Å². The molecule has 0 amide bonds. The molecule has 1 heterocycles. The number of hydrogen-bond donors (Lipinski definition) is 2. The highest BCUT2D eigenvalue weighted by molar-refractivity contribution is 7.98. The fraction of sp³-hybridized carbons (Fsp3) is 0.444. The van der Waals surface area contributed by atoms with Gasteiger partial charge in [-0.15, -0.1) is 0 Å². The number of anilines is 1. The molecular formula is C9H13N3O2S. The van der Waals surface area contributed by atoms with E-state index in [0.29, 0.717) is 5.82 Å². The van der Waals surface area contributed by atoms with Crippen LogP contribution in [0, 0.1) is 0 Å². The minimum atomic E-state index is -1.07. The highest BCUT2D eigenvalue weighted by atomic mass is 32.2. The Kier molecular flexibility index (Phi) is 4.36. The van der Waals surface area contributed by atoms with Gasteiger partial charge in [0.2, 0.25) is 0 Å². The van der Waals surface area contributed by atoms with Gasteiger partial charge in [-0.05, 0) is 13.2 Å². The molecule has 0 spiro atoms. The predicted molar refractivity (Wildman–Crippen MR) is 60.5 cm³/mol. The molecule has 1 aromatic heterocycles. The van der Waals surface area contributed by atoms with Gasteiger partial charge < -0.3 is 10.4 Å². The first-order valence-electron chi connectivity index (χ1n) is 4.44. The molecule has 1 unspecified atom stereocenters. The lowest BCUT2D eigenvalue weighted by molar-refractivity contribution is 0.0690. The molecule has 5 nitrogen and oxygen atoms in total. The van der Waals surface area contributed by atoms with E-state index in [-0.39, 0.29) is 11.7 Å². The maximum atomic E-state index is 10.6. The summed E-state index contributed by atoms with van der Waals surface area (Å²) in [5, 5.41) is 11.8. The number of carboxylic acid groups (broad SMARTS) is 1. The number of carboxylic acids is 1. The summed E-state index contributed by atoms with van der Waals surface area (Å²) >= 11 is 1.71. The van der Waals surface area contributed by atoms with Crippen molar-refractivity contribution in [3.8, 4) is 0 Å². The number of nitrogens with zero attached hydrogens (tertiary/aromatic N) is 2. The van der Waals surface area contributed by atoms with Crippen molar-refractivity contribution in [2.45, 2.75) is 13.0 Å². The molecule has 6 heteroatoms. The fourth-order valence-electron chi connectivity index (χ4n) is 1.08. The largest absolute Gasteiger partial charge is 0.476 e. The molecule has 0 aliphatic heterocycles. The van der Waals surface area contributed by atoms with E-state index in [4.69, 9.17) is 5.11 Å². The lowest BCUT2D eigenvalue weighted by Crippen LogP contribution is -2.19. The average Bonchev–Trinajstić information content (AvgIpc) is 2.18.